The van der Waals surface area contributed by atoms with E-state index in [1.807, 2.05) is 51.3 Å². The molecule has 1 N–H and O–H groups in total. The summed E-state index contributed by atoms with van der Waals surface area (Å²) >= 11 is 1.37. The number of thiophene rings is 1. The quantitative estimate of drug-likeness (QED) is 0.770. The summed E-state index contributed by atoms with van der Waals surface area (Å²) in [5.74, 6) is 0.292. The largest absolute Gasteiger partial charge is 0.491 e. The third kappa shape index (κ3) is 4.48. The highest BCUT2D eigenvalue weighted by atomic mass is 32.1. The Labute approximate surface area is 153 Å². The van der Waals surface area contributed by atoms with Gasteiger partial charge in [-0.15, -0.1) is 11.3 Å². The minimum atomic E-state index is -1.02. The lowest BCUT2D eigenvalue weighted by Crippen LogP contribution is -2.49. The fourth-order valence-electron chi connectivity index (χ4n) is 2.53. The zero-order chi connectivity index (χ0) is 18.8. The number of nitrogens with one attached hydrogen (secondary N) is 1. The van der Waals surface area contributed by atoms with Gasteiger partial charge in [-0.1, -0.05) is 6.07 Å². The maximum Gasteiger partial charge on any atom is 0.262 e. The van der Waals surface area contributed by atoms with Gasteiger partial charge in [0.25, 0.3) is 5.91 Å². The fourth-order valence-corrected chi connectivity index (χ4v) is 3.35. The van der Waals surface area contributed by atoms with Gasteiger partial charge in [0, 0.05) is 5.56 Å². The third-order valence-electron chi connectivity index (χ3n) is 3.89. The van der Waals surface area contributed by atoms with Gasteiger partial charge in [0.1, 0.15) is 5.75 Å². The minimum absolute atomic E-state index is 0.0279. The number of hydrogen-bond acceptors (Lipinski definition) is 4. The Kier molecular flexibility index (Phi) is 5.68. The number of benzene rings is 1. The highest BCUT2D eigenvalue weighted by Gasteiger charge is 2.32. The van der Waals surface area contributed by atoms with E-state index >= 15 is 0 Å². The second-order valence-corrected chi connectivity index (χ2v) is 7.90. The Morgan fingerprint density at radius 3 is 2.36 bits per heavy atom. The molecule has 0 aliphatic carbocycles. The predicted molar refractivity (Wildman–Crippen MR) is 102 cm³/mol. The van der Waals surface area contributed by atoms with Crippen LogP contribution in [0.5, 0.6) is 5.75 Å². The first-order valence-corrected chi connectivity index (χ1v) is 9.18. The highest BCUT2D eigenvalue weighted by Crippen LogP contribution is 2.24. The summed E-state index contributed by atoms with van der Waals surface area (Å²) in [7, 11) is 0. The molecule has 25 heavy (non-hydrogen) atoms. The van der Waals surface area contributed by atoms with E-state index < -0.39 is 5.54 Å². The van der Waals surface area contributed by atoms with Crippen molar-refractivity contribution < 1.29 is 14.3 Å². The highest BCUT2D eigenvalue weighted by molar-refractivity contribution is 7.12. The molecule has 1 aromatic carbocycles. The van der Waals surface area contributed by atoms with E-state index in [1.54, 1.807) is 19.9 Å². The van der Waals surface area contributed by atoms with E-state index in [0.29, 0.717) is 16.2 Å². The van der Waals surface area contributed by atoms with Gasteiger partial charge in [-0.2, -0.15) is 0 Å². The SMILES string of the molecule is Cc1ccc(OC(C)C)cc1C(=O)C(C)(C)NC(=O)c1sccc1C. The van der Waals surface area contributed by atoms with Crippen molar-refractivity contribution in [1.82, 2.24) is 5.32 Å². The fraction of sp³-hybridized carbons (Fsp3) is 0.400. The molecule has 1 amide bonds. The molecule has 1 aromatic heterocycles. The number of carbonyl (C=O) groups is 2. The van der Waals surface area contributed by atoms with Crippen LogP contribution in [0.15, 0.2) is 29.6 Å². The van der Waals surface area contributed by atoms with Crippen molar-refractivity contribution in [2.75, 3.05) is 0 Å². The number of hydrogen-bond donors (Lipinski definition) is 1. The molecule has 0 unspecified atom stereocenters. The van der Waals surface area contributed by atoms with E-state index in [9.17, 15) is 9.59 Å². The average molecular weight is 359 g/mol. The summed E-state index contributed by atoms with van der Waals surface area (Å²) in [6, 6.07) is 7.37. The van der Waals surface area contributed by atoms with Crippen LogP contribution in [-0.4, -0.2) is 23.3 Å². The monoisotopic (exact) mass is 359 g/mol. The molecule has 0 aliphatic heterocycles. The first-order valence-electron chi connectivity index (χ1n) is 8.30. The van der Waals surface area contributed by atoms with Crippen molar-refractivity contribution in [3.8, 4) is 5.75 Å². The van der Waals surface area contributed by atoms with Crippen LogP contribution in [0.3, 0.4) is 0 Å². The molecule has 0 radical (unpaired) electrons. The van der Waals surface area contributed by atoms with E-state index in [-0.39, 0.29) is 17.8 Å². The topological polar surface area (TPSA) is 55.4 Å². The van der Waals surface area contributed by atoms with Crippen molar-refractivity contribution in [2.24, 2.45) is 0 Å². The summed E-state index contributed by atoms with van der Waals surface area (Å²) in [5.41, 5.74) is 1.31. The Morgan fingerprint density at radius 2 is 1.80 bits per heavy atom. The Morgan fingerprint density at radius 1 is 1.12 bits per heavy atom. The number of carbonyl (C=O) groups excluding carboxylic acids is 2. The minimum Gasteiger partial charge on any atom is -0.491 e. The standard InChI is InChI=1S/C20H25NO3S/c1-12(2)24-15-8-7-13(3)16(11-15)18(22)20(5,6)21-19(23)17-14(4)9-10-25-17/h7-12H,1-6H3,(H,21,23). The molecular formula is C20H25NO3S. The van der Waals surface area contributed by atoms with Crippen LogP contribution in [0.1, 0.15) is 58.9 Å². The number of aryl methyl sites for hydroxylation is 2. The van der Waals surface area contributed by atoms with Gasteiger partial charge in [-0.25, -0.2) is 0 Å². The maximum absolute atomic E-state index is 13.0. The van der Waals surface area contributed by atoms with Gasteiger partial charge < -0.3 is 10.1 Å². The smallest absolute Gasteiger partial charge is 0.262 e. The molecule has 5 heteroatoms. The maximum atomic E-state index is 13.0. The summed E-state index contributed by atoms with van der Waals surface area (Å²) in [4.78, 5) is 26.2. The van der Waals surface area contributed by atoms with Crippen LogP contribution in [0.2, 0.25) is 0 Å². The molecule has 0 atom stereocenters. The first-order chi connectivity index (χ1) is 11.6. The summed E-state index contributed by atoms with van der Waals surface area (Å²) in [6.45, 7) is 11.1. The number of amides is 1. The van der Waals surface area contributed by atoms with Crippen LogP contribution in [0, 0.1) is 13.8 Å². The zero-order valence-electron chi connectivity index (χ0n) is 15.6. The Hall–Kier alpha value is -2.14. The van der Waals surface area contributed by atoms with Crippen LogP contribution in [0.4, 0.5) is 0 Å². The van der Waals surface area contributed by atoms with Gasteiger partial charge in [-0.3, -0.25) is 9.59 Å². The zero-order valence-corrected chi connectivity index (χ0v) is 16.4. The summed E-state index contributed by atoms with van der Waals surface area (Å²) < 4.78 is 5.69. The number of ether oxygens (including phenoxy) is 1. The molecule has 2 aromatic rings. The second kappa shape index (κ2) is 7.40. The number of rotatable bonds is 6. The third-order valence-corrected chi connectivity index (χ3v) is 4.90. The second-order valence-electron chi connectivity index (χ2n) is 6.98. The summed E-state index contributed by atoms with van der Waals surface area (Å²) in [6.07, 6.45) is 0.0279. The van der Waals surface area contributed by atoms with Gasteiger partial charge in [-0.05, 0) is 76.2 Å². The predicted octanol–water partition coefficient (Wildman–Crippen LogP) is 4.54. The average Bonchev–Trinajstić information content (AvgIpc) is 2.94. The van der Waals surface area contributed by atoms with Crippen molar-refractivity contribution in [3.63, 3.8) is 0 Å². The van der Waals surface area contributed by atoms with Crippen LogP contribution in [-0.2, 0) is 0 Å². The van der Waals surface area contributed by atoms with Crippen LogP contribution >= 0.6 is 11.3 Å². The van der Waals surface area contributed by atoms with E-state index in [4.69, 9.17) is 4.74 Å². The Bertz CT molecular complexity index is 790. The van der Waals surface area contributed by atoms with Gasteiger partial charge in [0.15, 0.2) is 5.78 Å². The van der Waals surface area contributed by atoms with E-state index in [1.165, 1.54) is 11.3 Å². The lowest BCUT2D eigenvalue weighted by molar-refractivity contribution is 0.0799. The molecular weight excluding hydrogens is 334 g/mol. The molecule has 0 saturated heterocycles. The normalized spacial score (nSPS) is 11.5. The van der Waals surface area contributed by atoms with Gasteiger partial charge >= 0.3 is 0 Å². The molecule has 1 heterocycles. The lowest BCUT2D eigenvalue weighted by atomic mass is 9.90. The number of ketones is 1. The lowest BCUT2D eigenvalue weighted by Gasteiger charge is -2.26. The molecule has 134 valence electrons. The number of Topliss-reactive ketones (excluding diaryl/α,β-unsaturated/α-hetero) is 1. The molecule has 0 fully saturated rings. The van der Waals surface area contributed by atoms with Crippen molar-refractivity contribution in [3.05, 3.63) is 51.2 Å². The molecule has 0 aliphatic rings. The van der Waals surface area contributed by atoms with E-state index in [0.717, 1.165) is 11.1 Å². The Balaban J connectivity index is 2.26. The molecule has 2 rings (SSSR count). The summed E-state index contributed by atoms with van der Waals surface area (Å²) in [5, 5.41) is 4.74. The molecule has 0 bridgehead atoms. The molecule has 0 saturated carbocycles. The van der Waals surface area contributed by atoms with E-state index in [2.05, 4.69) is 5.32 Å². The van der Waals surface area contributed by atoms with Gasteiger partial charge in [0.2, 0.25) is 0 Å². The van der Waals surface area contributed by atoms with Crippen molar-refractivity contribution in [1.29, 1.82) is 0 Å². The van der Waals surface area contributed by atoms with Gasteiger partial charge in [0.05, 0.1) is 16.5 Å². The first kappa shape index (κ1) is 19.2. The molecule has 0 spiro atoms. The van der Waals surface area contributed by atoms with Crippen LogP contribution < -0.4 is 10.1 Å². The molecule has 4 nitrogen and oxygen atoms in total. The van der Waals surface area contributed by atoms with Crippen LogP contribution in [0.25, 0.3) is 0 Å². The van der Waals surface area contributed by atoms with Crippen molar-refractivity contribution >= 4 is 23.0 Å². The van der Waals surface area contributed by atoms with Crippen molar-refractivity contribution in [2.45, 2.75) is 53.2 Å².